The molecule has 0 radical (unpaired) electrons. The van der Waals surface area contributed by atoms with Crippen molar-refractivity contribution in [2.24, 2.45) is 0 Å². The molecule has 0 amide bonds. The maximum absolute atomic E-state index is 11.9. The molecule has 2 bridgehead atoms. The van der Waals surface area contributed by atoms with Crippen molar-refractivity contribution < 1.29 is 9.32 Å². The number of allylic oxidation sites excluding steroid dienone is 1. The summed E-state index contributed by atoms with van der Waals surface area (Å²) in [6, 6.07) is 0. The van der Waals surface area contributed by atoms with Gasteiger partial charge >= 0.3 is 0 Å². The minimum atomic E-state index is -0.647. The van der Waals surface area contributed by atoms with Crippen LogP contribution in [0.3, 0.4) is 0 Å². The van der Waals surface area contributed by atoms with Crippen molar-refractivity contribution >= 4 is 10.8 Å². The second-order valence-corrected chi connectivity index (χ2v) is 8.37. The average Bonchev–Trinajstić information content (AvgIpc) is 2.62. The van der Waals surface area contributed by atoms with Crippen LogP contribution >= 0.6 is 0 Å². The Bertz CT molecular complexity index is 311. The molecule has 2 unspecified atom stereocenters. The summed E-state index contributed by atoms with van der Waals surface area (Å²) in [7, 11) is -0.647. The van der Waals surface area contributed by atoms with Gasteiger partial charge in [-0.2, -0.15) is 0 Å². The summed E-state index contributed by atoms with van der Waals surface area (Å²) in [6.45, 7) is 3.73. The highest BCUT2D eigenvalue weighted by Gasteiger charge is 2.46. The molecule has 110 valence electrons. The molecule has 1 N–H and O–H groups in total. The molecule has 2 atom stereocenters. The summed E-state index contributed by atoms with van der Waals surface area (Å²) in [5.74, 6) is 0. The van der Waals surface area contributed by atoms with Crippen molar-refractivity contribution in [3.05, 3.63) is 12.7 Å². The Kier molecular flexibility index (Phi) is 5.64. The SMILES string of the molecule is C=CCCCCCCCC1(O)CC2CCC(C1)S2=O. The first-order valence-corrected chi connectivity index (χ1v) is 9.15. The van der Waals surface area contributed by atoms with E-state index in [9.17, 15) is 9.32 Å². The Balaban J connectivity index is 1.63. The van der Waals surface area contributed by atoms with Crippen molar-refractivity contribution in [3.8, 4) is 0 Å². The van der Waals surface area contributed by atoms with E-state index in [4.69, 9.17) is 0 Å². The van der Waals surface area contributed by atoms with Crippen LogP contribution in [0.25, 0.3) is 0 Å². The molecule has 19 heavy (non-hydrogen) atoms. The van der Waals surface area contributed by atoms with Crippen molar-refractivity contribution in [1.29, 1.82) is 0 Å². The topological polar surface area (TPSA) is 37.3 Å². The smallest absolute Gasteiger partial charge is 0.0670 e. The van der Waals surface area contributed by atoms with Crippen LogP contribution in [0.1, 0.15) is 70.6 Å². The van der Waals surface area contributed by atoms with Gasteiger partial charge in [-0.05, 0) is 44.9 Å². The second-order valence-electron chi connectivity index (χ2n) is 6.38. The maximum Gasteiger partial charge on any atom is 0.0670 e. The van der Waals surface area contributed by atoms with Crippen molar-refractivity contribution in [1.82, 2.24) is 0 Å². The predicted octanol–water partition coefficient (Wildman–Crippen LogP) is 3.71. The Morgan fingerprint density at radius 2 is 1.68 bits per heavy atom. The minimum Gasteiger partial charge on any atom is -0.390 e. The van der Waals surface area contributed by atoms with Gasteiger partial charge < -0.3 is 5.11 Å². The van der Waals surface area contributed by atoms with Crippen molar-refractivity contribution in [3.63, 3.8) is 0 Å². The zero-order chi connectivity index (χ0) is 13.7. The molecule has 2 aliphatic heterocycles. The Morgan fingerprint density at radius 1 is 1.11 bits per heavy atom. The Labute approximate surface area is 120 Å². The third-order valence-electron chi connectivity index (χ3n) is 4.73. The zero-order valence-electron chi connectivity index (χ0n) is 12.0. The number of aliphatic hydroxyl groups is 1. The monoisotopic (exact) mass is 284 g/mol. The minimum absolute atomic E-state index is 0.288. The molecule has 0 aromatic carbocycles. The molecule has 2 rings (SSSR count). The molecule has 3 heteroatoms. The number of rotatable bonds is 8. The fourth-order valence-corrected chi connectivity index (χ4v) is 5.88. The van der Waals surface area contributed by atoms with Crippen molar-refractivity contribution in [2.75, 3.05) is 0 Å². The summed E-state index contributed by atoms with van der Waals surface area (Å²) in [5, 5.41) is 11.2. The predicted molar refractivity (Wildman–Crippen MR) is 81.7 cm³/mol. The van der Waals surface area contributed by atoms with Crippen LogP contribution in [-0.2, 0) is 10.8 Å². The fraction of sp³-hybridized carbons (Fsp3) is 0.875. The largest absolute Gasteiger partial charge is 0.390 e. The zero-order valence-corrected chi connectivity index (χ0v) is 12.8. The van der Waals surface area contributed by atoms with Crippen LogP contribution in [0.5, 0.6) is 0 Å². The standard InChI is InChI=1S/C16H28O2S/c1-2-3-4-5-6-7-8-11-16(17)12-14-9-10-15(13-16)19(14)18/h2,14-15,17H,1,3-13H2. The summed E-state index contributed by atoms with van der Waals surface area (Å²) in [4.78, 5) is 0. The molecule has 2 heterocycles. The van der Waals surface area contributed by atoms with Crippen molar-refractivity contribution in [2.45, 2.75) is 86.7 Å². The van der Waals surface area contributed by atoms with E-state index in [1.807, 2.05) is 6.08 Å². The van der Waals surface area contributed by atoms with E-state index in [0.29, 0.717) is 0 Å². The van der Waals surface area contributed by atoms with Gasteiger partial charge in [0.05, 0.1) is 5.60 Å². The molecular weight excluding hydrogens is 256 g/mol. The molecule has 0 saturated carbocycles. The van der Waals surface area contributed by atoms with E-state index in [1.54, 1.807) is 0 Å². The molecule has 0 spiro atoms. The van der Waals surface area contributed by atoms with Gasteiger partial charge in [-0.1, -0.05) is 31.8 Å². The summed E-state index contributed by atoms with van der Waals surface area (Å²) < 4.78 is 11.9. The lowest BCUT2D eigenvalue weighted by Gasteiger charge is -2.36. The first kappa shape index (κ1) is 15.2. The van der Waals surface area contributed by atoms with Gasteiger partial charge in [0, 0.05) is 21.3 Å². The molecule has 2 nitrogen and oxygen atoms in total. The maximum atomic E-state index is 11.9. The first-order valence-electron chi connectivity index (χ1n) is 7.87. The van der Waals surface area contributed by atoms with Crippen LogP contribution in [-0.4, -0.2) is 25.4 Å². The number of hydrogen-bond acceptors (Lipinski definition) is 2. The van der Waals surface area contributed by atoms with E-state index in [-0.39, 0.29) is 10.5 Å². The van der Waals surface area contributed by atoms with Crippen LogP contribution in [0.15, 0.2) is 12.7 Å². The number of fused-ring (bicyclic) bond motifs is 2. The third kappa shape index (κ3) is 4.16. The van der Waals surface area contributed by atoms with Gasteiger partial charge in [-0.25, -0.2) is 0 Å². The molecule has 0 aliphatic carbocycles. The van der Waals surface area contributed by atoms with E-state index in [0.717, 1.165) is 44.9 Å². The average molecular weight is 284 g/mol. The molecular formula is C16H28O2S. The van der Waals surface area contributed by atoms with Crippen LogP contribution in [0, 0.1) is 0 Å². The first-order chi connectivity index (χ1) is 9.14. The molecule has 0 aromatic heterocycles. The van der Waals surface area contributed by atoms with Gasteiger partial charge in [-0.3, -0.25) is 4.21 Å². The quantitative estimate of drug-likeness (QED) is 0.545. The lowest BCUT2D eigenvalue weighted by molar-refractivity contribution is 0.0119. The summed E-state index contributed by atoms with van der Waals surface area (Å²) in [5.41, 5.74) is -0.499. The Hall–Kier alpha value is -0.150. The third-order valence-corrected chi connectivity index (χ3v) is 6.85. The summed E-state index contributed by atoms with van der Waals surface area (Å²) >= 11 is 0. The number of unbranched alkanes of at least 4 members (excludes halogenated alkanes) is 5. The van der Waals surface area contributed by atoms with Gasteiger partial charge in [0.25, 0.3) is 0 Å². The fourth-order valence-electron chi connectivity index (χ4n) is 3.65. The van der Waals surface area contributed by atoms with E-state index in [2.05, 4.69) is 6.58 Å². The highest BCUT2D eigenvalue weighted by atomic mass is 32.2. The van der Waals surface area contributed by atoms with Gasteiger partial charge in [0.1, 0.15) is 0 Å². The Morgan fingerprint density at radius 3 is 2.32 bits per heavy atom. The van der Waals surface area contributed by atoms with Gasteiger partial charge in [0.15, 0.2) is 0 Å². The highest BCUT2D eigenvalue weighted by Crippen LogP contribution is 2.42. The molecule has 2 saturated heterocycles. The molecule has 0 aromatic rings. The van der Waals surface area contributed by atoms with E-state index >= 15 is 0 Å². The second kappa shape index (κ2) is 7.03. The van der Waals surface area contributed by atoms with Crippen LogP contribution in [0.4, 0.5) is 0 Å². The molecule has 2 aliphatic rings. The van der Waals surface area contributed by atoms with E-state index in [1.165, 1.54) is 25.7 Å². The highest BCUT2D eigenvalue weighted by molar-refractivity contribution is 7.86. The van der Waals surface area contributed by atoms with Crippen LogP contribution in [0.2, 0.25) is 0 Å². The van der Waals surface area contributed by atoms with Gasteiger partial charge in [-0.15, -0.1) is 6.58 Å². The summed E-state index contributed by atoms with van der Waals surface area (Å²) in [6.07, 6.45) is 13.9. The normalized spacial score (nSPS) is 37.4. The molecule has 2 fully saturated rings. The number of hydrogen-bond donors (Lipinski definition) is 1. The van der Waals surface area contributed by atoms with Gasteiger partial charge in [0.2, 0.25) is 0 Å². The lowest BCUT2D eigenvalue weighted by Crippen LogP contribution is -2.42. The van der Waals surface area contributed by atoms with E-state index < -0.39 is 16.4 Å². The lowest BCUT2D eigenvalue weighted by atomic mass is 9.87. The van der Waals surface area contributed by atoms with Crippen LogP contribution < -0.4 is 0 Å².